The Morgan fingerprint density at radius 2 is 1.84 bits per heavy atom. The molecule has 0 spiro atoms. The molecule has 2 amide bonds. The van der Waals surface area contributed by atoms with Gasteiger partial charge in [0, 0.05) is 18.3 Å². The van der Waals surface area contributed by atoms with E-state index in [0.29, 0.717) is 11.3 Å². The molecule has 0 fully saturated rings. The molecule has 128 valence electrons. The van der Waals surface area contributed by atoms with Crippen LogP contribution in [0.1, 0.15) is 30.5 Å². The number of rotatable bonds is 5. The minimum atomic E-state index is -0.261. The van der Waals surface area contributed by atoms with Crippen LogP contribution in [0.5, 0.6) is 0 Å². The largest absolute Gasteiger partial charge is 0.324 e. The molecule has 1 N–H and O–H groups in total. The average Bonchev–Trinajstić information content (AvgIpc) is 2.61. The first-order chi connectivity index (χ1) is 12.0. The molecular formula is C20H21N3O2. The normalized spacial score (nSPS) is 10.0. The molecule has 5 nitrogen and oxygen atoms in total. The van der Waals surface area contributed by atoms with Crippen LogP contribution in [0.25, 0.3) is 0 Å². The Bertz CT molecular complexity index is 820. The van der Waals surface area contributed by atoms with Crippen molar-refractivity contribution in [1.29, 1.82) is 5.26 Å². The highest BCUT2D eigenvalue weighted by Crippen LogP contribution is 2.21. The van der Waals surface area contributed by atoms with E-state index in [1.165, 1.54) is 11.8 Å². The lowest BCUT2D eigenvalue weighted by atomic mass is 10.1. The molecule has 0 saturated carbocycles. The van der Waals surface area contributed by atoms with Crippen LogP contribution in [0.3, 0.4) is 0 Å². The lowest BCUT2D eigenvalue weighted by Crippen LogP contribution is -2.36. The highest BCUT2D eigenvalue weighted by atomic mass is 16.2. The molecule has 0 heterocycles. The van der Waals surface area contributed by atoms with Gasteiger partial charge in [-0.05, 0) is 48.7 Å². The molecule has 0 aliphatic heterocycles. The van der Waals surface area contributed by atoms with E-state index >= 15 is 0 Å². The molecule has 0 aliphatic rings. The monoisotopic (exact) mass is 335 g/mol. The summed E-state index contributed by atoms with van der Waals surface area (Å²) in [5.41, 5.74) is 3.94. The summed E-state index contributed by atoms with van der Waals surface area (Å²) >= 11 is 0. The van der Waals surface area contributed by atoms with E-state index in [9.17, 15) is 9.59 Å². The first-order valence-electron chi connectivity index (χ1n) is 8.12. The van der Waals surface area contributed by atoms with Crippen LogP contribution in [0.15, 0.2) is 42.5 Å². The van der Waals surface area contributed by atoms with Crippen molar-refractivity contribution in [2.75, 3.05) is 16.8 Å². The number of carbonyl (C=O) groups is 2. The summed E-state index contributed by atoms with van der Waals surface area (Å²) in [6.45, 7) is 5.30. The van der Waals surface area contributed by atoms with Gasteiger partial charge < -0.3 is 10.2 Å². The fraction of sp³-hybridized carbons (Fsp3) is 0.250. The van der Waals surface area contributed by atoms with Crippen molar-refractivity contribution in [3.05, 3.63) is 59.2 Å². The zero-order chi connectivity index (χ0) is 18.4. The first kappa shape index (κ1) is 18.2. The van der Waals surface area contributed by atoms with Crippen molar-refractivity contribution < 1.29 is 9.59 Å². The number of nitrogens with one attached hydrogen (secondary N) is 1. The predicted octanol–water partition coefficient (Wildman–Crippen LogP) is 3.42. The van der Waals surface area contributed by atoms with E-state index in [4.69, 9.17) is 5.26 Å². The van der Waals surface area contributed by atoms with E-state index < -0.39 is 0 Å². The number of anilines is 2. The van der Waals surface area contributed by atoms with Crippen molar-refractivity contribution in [2.45, 2.75) is 27.2 Å². The van der Waals surface area contributed by atoms with Gasteiger partial charge in [-0.3, -0.25) is 9.59 Å². The van der Waals surface area contributed by atoms with Crippen molar-refractivity contribution in [2.24, 2.45) is 0 Å². The number of amides is 2. The van der Waals surface area contributed by atoms with Crippen LogP contribution in [0, 0.1) is 18.3 Å². The maximum atomic E-state index is 12.5. The molecular weight excluding hydrogens is 314 g/mol. The Morgan fingerprint density at radius 3 is 2.40 bits per heavy atom. The lowest BCUT2D eigenvalue weighted by molar-refractivity contribution is -0.120. The zero-order valence-corrected chi connectivity index (χ0v) is 14.7. The molecule has 5 heteroatoms. The number of para-hydroxylation sites is 1. The average molecular weight is 335 g/mol. The number of nitrogens with zero attached hydrogens (tertiary/aromatic N) is 2. The van der Waals surface area contributed by atoms with Gasteiger partial charge in [0.2, 0.25) is 11.8 Å². The molecule has 2 rings (SSSR count). The number of hydrogen-bond acceptors (Lipinski definition) is 3. The summed E-state index contributed by atoms with van der Waals surface area (Å²) in [5.74, 6) is -0.496. The molecule has 0 aromatic heterocycles. The van der Waals surface area contributed by atoms with E-state index in [0.717, 1.165) is 23.2 Å². The summed E-state index contributed by atoms with van der Waals surface area (Å²) in [6, 6.07) is 14.5. The van der Waals surface area contributed by atoms with Crippen molar-refractivity contribution >= 4 is 23.2 Å². The molecule has 0 aliphatic carbocycles. The molecule has 0 saturated heterocycles. The van der Waals surface area contributed by atoms with Gasteiger partial charge in [-0.1, -0.05) is 25.1 Å². The van der Waals surface area contributed by atoms with Gasteiger partial charge in [-0.25, -0.2) is 0 Å². The number of hydrogen-bond donors (Lipinski definition) is 1. The van der Waals surface area contributed by atoms with Gasteiger partial charge in [0.25, 0.3) is 0 Å². The van der Waals surface area contributed by atoms with Crippen molar-refractivity contribution in [3.8, 4) is 6.07 Å². The molecule has 2 aromatic rings. The SMILES string of the molecule is CCc1cccc(C)c1NC(=O)CN(C(C)=O)c1ccc(C#N)cc1. The first-order valence-corrected chi connectivity index (χ1v) is 8.12. The summed E-state index contributed by atoms with van der Waals surface area (Å²) < 4.78 is 0. The Hall–Kier alpha value is -3.13. The van der Waals surface area contributed by atoms with E-state index in [-0.39, 0.29) is 18.4 Å². The maximum Gasteiger partial charge on any atom is 0.244 e. The summed E-state index contributed by atoms with van der Waals surface area (Å²) in [5, 5.41) is 11.8. The lowest BCUT2D eigenvalue weighted by Gasteiger charge is -2.21. The summed E-state index contributed by atoms with van der Waals surface area (Å²) in [4.78, 5) is 25.8. The second kappa shape index (κ2) is 8.11. The van der Waals surface area contributed by atoms with Gasteiger partial charge in [0.15, 0.2) is 0 Å². The van der Waals surface area contributed by atoms with Crippen LogP contribution in [-0.2, 0) is 16.0 Å². The fourth-order valence-corrected chi connectivity index (χ4v) is 2.62. The summed E-state index contributed by atoms with van der Waals surface area (Å²) in [7, 11) is 0. The van der Waals surface area contributed by atoms with Gasteiger partial charge in [-0.15, -0.1) is 0 Å². The van der Waals surface area contributed by atoms with Gasteiger partial charge >= 0.3 is 0 Å². The van der Waals surface area contributed by atoms with E-state index in [2.05, 4.69) is 5.32 Å². The highest BCUT2D eigenvalue weighted by Gasteiger charge is 2.17. The third kappa shape index (κ3) is 4.45. The molecule has 0 bridgehead atoms. The van der Waals surface area contributed by atoms with Crippen LogP contribution in [0.4, 0.5) is 11.4 Å². The summed E-state index contributed by atoms with van der Waals surface area (Å²) in [6.07, 6.45) is 0.809. The topological polar surface area (TPSA) is 73.2 Å². The molecule has 25 heavy (non-hydrogen) atoms. The van der Waals surface area contributed by atoms with Gasteiger partial charge in [0.1, 0.15) is 6.54 Å². The zero-order valence-electron chi connectivity index (χ0n) is 14.7. The maximum absolute atomic E-state index is 12.5. The fourth-order valence-electron chi connectivity index (χ4n) is 2.62. The van der Waals surface area contributed by atoms with Crippen molar-refractivity contribution in [3.63, 3.8) is 0 Å². The third-order valence-electron chi connectivity index (χ3n) is 3.99. The van der Waals surface area contributed by atoms with E-state index in [1.54, 1.807) is 24.3 Å². The molecule has 0 unspecified atom stereocenters. The Morgan fingerprint density at radius 1 is 1.16 bits per heavy atom. The molecule has 0 radical (unpaired) electrons. The number of carbonyl (C=O) groups excluding carboxylic acids is 2. The Labute approximate surface area is 147 Å². The highest BCUT2D eigenvalue weighted by molar-refractivity contribution is 6.02. The Kier molecular flexibility index (Phi) is 5.91. The minimum absolute atomic E-state index is 0.0846. The predicted molar refractivity (Wildman–Crippen MR) is 98.4 cm³/mol. The van der Waals surface area contributed by atoms with Crippen LogP contribution >= 0.6 is 0 Å². The standard InChI is InChI=1S/C20H21N3O2/c1-4-17-7-5-6-14(2)20(17)22-19(25)13-23(15(3)24)18-10-8-16(12-21)9-11-18/h5-11H,4,13H2,1-3H3,(H,22,25). The second-order valence-corrected chi connectivity index (χ2v) is 5.77. The van der Waals surface area contributed by atoms with Crippen LogP contribution in [0.2, 0.25) is 0 Å². The van der Waals surface area contributed by atoms with E-state index in [1.807, 2.05) is 38.1 Å². The molecule has 0 atom stereocenters. The number of benzene rings is 2. The molecule has 2 aromatic carbocycles. The van der Waals surface area contributed by atoms with Crippen molar-refractivity contribution in [1.82, 2.24) is 0 Å². The second-order valence-electron chi connectivity index (χ2n) is 5.77. The minimum Gasteiger partial charge on any atom is -0.324 e. The third-order valence-corrected chi connectivity index (χ3v) is 3.99. The van der Waals surface area contributed by atoms with Crippen LogP contribution < -0.4 is 10.2 Å². The van der Waals surface area contributed by atoms with Gasteiger partial charge in [0.05, 0.1) is 11.6 Å². The van der Waals surface area contributed by atoms with Crippen LogP contribution in [-0.4, -0.2) is 18.4 Å². The quantitative estimate of drug-likeness (QED) is 0.910. The van der Waals surface area contributed by atoms with Gasteiger partial charge in [-0.2, -0.15) is 5.26 Å². The number of aryl methyl sites for hydroxylation is 2. The smallest absolute Gasteiger partial charge is 0.244 e. The Balaban J connectivity index is 2.19. The number of nitriles is 1.